The van der Waals surface area contributed by atoms with Crippen molar-refractivity contribution < 1.29 is 14.2 Å². The summed E-state index contributed by atoms with van der Waals surface area (Å²) in [6.45, 7) is 0.576. The second-order valence-corrected chi connectivity index (χ2v) is 3.84. The van der Waals surface area contributed by atoms with Gasteiger partial charge in [-0.25, -0.2) is 4.39 Å². The van der Waals surface area contributed by atoms with Gasteiger partial charge in [-0.05, 0) is 6.07 Å². The molecule has 1 aromatic carbocycles. The number of hydrogen-bond acceptors (Lipinski definition) is 2. The Bertz CT molecular complexity index is 348. The van der Waals surface area contributed by atoms with Gasteiger partial charge >= 0.3 is 0 Å². The van der Waals surface area contributed by atoms with Crippen LogP contribution in [0.25, 0.3) is 0 Å². The fourth-order valence-corrected chi connectivity index (χ4v) is 1.80. The molecule has 0 amide bonds. The molecule has 0 radical (unpaired) electrons. The van der Waals surface area contributed by atoms with Gasteiger partial charge in [-0.1, -0.05) is 23.7 Å². The summed E-state index contributed by atoms with van der Waals surface area (Å²) >= 11 is 5.63. The Morgan fingerprint density at radius 3 is 2.93 bits per heavy atom. The third kappa shape index (κ3) is 1.52. The smallest absolute Gasteiger partial charge is 0.147 e. The van der Waals surface area contributed by atoms with E-state index in [1.54, 1.807) is 6.07 Å². The maximum Gasteiger partial charge on any atom is 0.147 e. The van der Waals surface area contributed by atoms with Crippen LogP contribution >= 0.6 is 11.6 Å². The lowest BCUT2D eigenvalue weighted by Gasteiger charge is -2.21. The lowest BCUT2D eigenvalue weighted by atomic mass is 9.93. The Labute approximate surface area is 86.3 Å². The van der Waals surface area contributed by atoms with Crippen molar-refractivity contribution in [2.75, 3.05) is 13.2 Å². The van der Waals surface area contributed by atoms with Crippen molar-refractivity contribution in [3.8, 4) is 0 Å². The summed E-state index contributed by atoms with van der Waals surface area (Å²) in [6, 6.07) is 4.62. The molecule has 2 rings (SSSR count). The lowest BCUT2D eigenvalue weighted by molar-refractivity contribution is 0.0202. The van der Waals surface area contributed by atoms with Crippen LogP contribution in [-0.4, -0.2) is 18.3 Å². The molecule has 1 heterocycles. The highest BCUT2D eigenvalue weighted by atomic mass is 35.5. The van der Waals surface area contributed by atoms with E-state index in [4.69, 9.17) is 16.3 Å². The minimum Gasteiger partial charge on any atom is -0.383 e. The van der Waals surface area contributed by atoms with Gasteiger partial charge in [-0.3, -0.25) is 0 Å². The number of ether oxygens (including phenoxy) is 1. The molecular formula is C10H10ClFO2. The van der Waals surface area contributed by atoms with Crippen LogP contribution in [0.5, 0.6) is 0 Å². The minimum atomic E-state index is -1.21. The molecular weight excluding hydrogens is 207 g/mol. The van der Waals surface area contributed by atoms with Crippen molar-refractivity contribution >= 4 is 11.6 Å². The molecule has 1 aliphatic heterocycles. The summed E-state index contributed by atoms with van der Waals surface area (Å²) in [5.74, 6) is -0.554. The molecule has 1 aliphatic rings. The van der Waals surface area contributed by atoms with Crippen LogP contribution in [0.3, 0.4) is 0 Å². The number of rotatable bonds is 1. The molecule has 14 heavy (non-hydrogen) atoms. The fraction of sp³-hybridized carbons (Fsp3) is 0.400. The van der Waals surface area contributed by atoms with E-state index >= 15 is 0 Å². The zero-order valence-electron chi connectivity index (χ0n) is 7.46. The number of hydrogen-bond donors (Lipinski definition) is 1. The maximum atomic E-state index is 13.6. The molecule has 4 heteroatoms. The normalized spacial score (nSPS) is 26.8. The van der Waals surface area contributed by atoms with E-state index in [9.17, 15) is 9.50 Å². The Kier molecular flexibility index (Phi) is 2.47. The molecule has 1 unspecified atom stereocenters. The Hall–Kier alpha value is -0.640. The van der Waals surface area contributed by atoms with Crippen LogP contribution in [0, 0.1) is 5.82 Å². The van der Waals surface area contributed by atoms with Gasteiger partial charge in [0.2, 0.25) is 0 Å². The average molecular weight is 217 g/mol. The summed E-state index contributed by atoms with van der Waals surface area (Å²) in [7, 11) is 0. The SMILES string of the molecule is OC1(c2cccc(Cl)c2F)CCOC1. The minimum absolute atomic E-state index is 0.0304. The molecule has 76 valence electrons. The van der Waals surface area contributed by atoms with Crippen molar-refractivity contribution in [1.82, 2.24) is 0 Å². The van der Waals surface area contributed by atoms with Crippen LogP contribution in [0.15, 0.2) is 18.2 Å². The van der Waals surface area contributed by atoms with Crippen LogP contribution in [0.1, 0.15) is 12.0 Å². The monoisotopic (exact) mass is 216 g/mol. The number of benzene rings is 1. The van der Waals surface area contributed by atoms with E-state index in [0.717, 1.165) is 0 Å². The van der Waals surface area contributed by atoms with Crippen molar-refractivity contribution in [3.05, 3.63) is 34.6 Å². The zero-order valence-corrected chi connectivity index (χ0v) is 8.22. The van der Waals surface area contributed by atoms with E-state index in [-0.39, 0.29) is 17.2 Å². The molecule has 1 aromatic rings. The molecule has 1 saturated heterocycles. The predicted octanol–water partition coefficient (Wildman–Crippen LogP) is 2.09. The van der Waals surface area contributed by atoms with E-state index in [1.165, 1.54) is 12.1 Å². The maximum absolute atomic E-state index is 13.6. The van der Waals surface area contributed by atoms with Gasteiger partial charge in [0.15, 0.2) is 0 Å². The van der Waals surface area contributed by atoms with E-state index in [2.05, 4.69) is 0 Å². The molecule has 0 spiro atoms. The topological polar surface area (TPSA) is 29.5 Å². The first-order valence-electron chi connectivity index (χ1n) is 4.38. The predicted molar refractivity (Wildman–Crippen MR) is 50.7 cm³/mol. The lowest BCUT2D eigenvalue weighted by Crippen LogP contribution is -2.27. The third-order valence-corrected chi connectivity index (χ3v) is 2.75. The van der Waals surface area contributed by atoms with Crippen LogP contribution in [-0.2, 0) is 10.3 Å². The Balaban J connectivity index is 2.45. The van der Waals surface area contributed by atoms with Gasteiger partial charge in [0.1, 0.15) is 11.4 Å². The first-order valence-corrected chi connectivity index (χ1v) is 4.76. The summed E-state index contributed by atoms with van der Waals surface area (Å²) in [4.78, 5) is 0. The first kappa shape index (κ1) is 9.90. The van der Waals surface area contributed by atoms with Crippen molar-refractivity contribution in [3.63, 3.8) is 0 Å². The zero-order chi connectivity index (χ0) is 10.2. The first-order chi connectivity index (χ1) is 6.63. The van der Waals surface area contributed by atoms with Crippen molar-refractivity contribution in [2.24, 2.45) is 0 Å². The van der Waals surface area contributed by atoms with Crippen LogP contribution in [0.4, 0.5) is 4.39 Å². The van der Waals surface area contributed by atoms with Crippen molar-refractivity contribution in [2.45, 2.75) is 12.0 Å². The second kappa shape index (κ2) is 3.50. The fourth-order valence-electron chi connectivity index (χ4n) is 1.63. The summed E-state index contributed by atoms with van der Waals surface area (Å²) in [5, 5.41) is 10.1. The van der Waals surface area contributed by atoms with Gasteiger partial charge in [0.25, 0.3) is 0 Å². The van der Waals surface area contributed by atoms with Gasteiger partial charge in [-0.15, -0.1) is 0 Å². The Morgan fingerprint density at radius 2 is 2.29 bits per heavy atom. The van der Waals surface area contributed by atoms with E-state index in [1.807, 2.05) is 0 Å². The van der Waals surface area contributed by atoms with Gasteiger partial charge in [0, 0.05) is 18.6 Å². The summed E-state index contributed by atoms with van der Waals surface area (Å²) in [5.41, 5.74) is -0.989. The third-order valence-electron chi connectivity index (χ3n) is 2.45. The molecule has 0 bridgehead atoms. The second-order valence-electron chi connectivity index (χ2n) is 3.44. The van der Waals surface area contributed by atoms with Crippen LogP contribution < -0.4 is 0 Å². The molecule has 0 saturated carbocycles. The summed E-state index contributed by atoms with van der Waals surface area (Å²) in [6.07, 6.45) is 0.407. The van der Waals surface area contributed by atoms with Crippen molar-refractivity contribution in [1.29, 1.82) is 0 Å². The Morgan fingerprint density at radius 1 is 1.50 bits per heavy atom. The molecule has 2 nitrogen and oxygen atoms in total. The molecule has 0 aromatic heterocycles. The quantitative estimate of drug-likeness (QED) is 0.779. The van der Waals surface area contributed by atoms with Gasteiger partial charge in [-0.2, -0.15) is 0 Å². The highest BCUT2D eigenvalue weighted by Crippen LogP contribution is 2.33. The van der Waals surface area contributed by atoms with E-state index in [0.29, 0.717) is 13.0 Å². The molecule has 0 aliphatic carbocycles. The summed E-state index contributed by atoms with van der Waals surface area (Å²) < 4.78 is 18.6. The number of halogens is 2. The average Bonchev–Trinajstić information content (AvgIpc) is 2.58. The molecule has 1 fully saturated rings. The van der Waals surface area contributed by atoms with E-state index < -0.39 is 11.4 Å². The highest BCUT2D eigenvalue weighted by molar-refractivity contribution is 6.30. The highest BCUT2D eigenvalue weighted by Gasteiger charge is 2.36. The van der Waals surface area contributed by atoms with Crippen LogP contribution in [0.2, 0.25) is 5.02 Å². The molecule has 1 atom stereocenters. The van der Waals surface area contributed by atoms with Gasteiger partial charge in [0.05, 0.1) is 11.6 Å². The number of aliphatic hydroxyl groups is 1. The van der Waals surface area contributed by atoms with Gasteiger partial charge < -0.3 is 9.84 Å². The largest absolute Gasteiger partial charge is 0.383 e. The molecule has 1 N–H and O–H groups in total. The standard InChI is InChI=1S/C10H10ClFO2/c11-8-3-1-2-7(9(8)12)10(13)4-5-14-6-10/h1-3,13H,4-6H2.